The topological polar surface area (TPSA) is 60.7 Å². The van der Waals surface area contributed by atoms with Gasteiger partial charge in [-0.3, -0.25) is 4.79 Å². The Hall–Kier alpha value is -3.01. The molecule has 4 aromatic rings. The fraction of sp³-hybridized carbons (Fsp3) is 0.261. The number of hydrogen-bond acceptors (Lipinski definition) is 1. The lowest BCUT2D eigenvalue weighted by Crippen LogP contribution is -2.39. The highest BCUT2D eigenvalue weighted by Gasteiger charge is 2.24. The van der Waals surface area contributed by atoms with Gasteiger partial charge >= 0.3 is 0 Å². The zero-order valence-corrected chi connectivity index (χ0v) is 15.4. The number of amides is 1. The molecule has 1 atom stereocenters. The minimum Gasteiger partial charge on any atom is -0.361 e. The van der Waals surface area contributed by atoms with E-state index in [-0.39, 0.29) is 11.9 Å². The average molecular weight is 357 g/mol. The van der Waals surface area contributed by atoms with Gasteiger partial charge in [-0.25, -0.2) is 0 Å². The zero-order valence-electron chi connectivity index (χ0n) is 15.4. The molecule has 2 aromatic heterocycles. The van der Waals surface area contributed by atoms with Crippen molar-refractivity contribution >= 4 is 27.7 Å². The van der Waals surface area contributed by atoms with Crippen molar-refractivity contribution in [3.05, 3.63) is 71.0 Å². The molecule has 1 aliphatic carbocycles. The van der Waals surface area contributed by atoms with Crippen LogP contribution in [0.4, 0.5) is 0 Å². The van der Waals surface area contributed by atoms with E-state index >= 15 is 0 Å². The second-order valence-electron chi connectivity index (χ2n) is 7.67. The van der Waals surface area contributed by atoms with Crippen LogP contribution in [0.3, 0.4) is 0 Å². The summed E-state index contributed by atoms with van der Waals surface area (Å²) in [5.41, 5.74) is 7.32. The number of aromatic nitrogens is 2. The third-order valence-corrected chi connectivity index (χ3v) is 5.73. The first-order valence-corrected chi connectivity index (χ1v) is 9.62. The third kappa shape index (κ3) is 2.91. The second kappa shape index (κ2) is 6.31. The minimum atomic E-state index is 0.101. The summed E-state index contributed by atoms with van der Waals surface area (Å²) in [4.78, 5) is 19.5. The molecule has 0 bridgehead atoms. The molecule has 2 aromatic carbocycles. The highest BCUT2D eigenvalue weighted by Crippen LogP contribution is 2.30. The van der Waals surface area contributed by atoms with Crippen LogP contribution in [0, 0.1) is 6.92 Å². The largest absolute Gasteiger partial charge is 0.361 e. The number of aromatic amines is 2. The van der Waals surface area contributed by atoms with Gasteiger partial charge in [0.15, 0.2) is 0 Å². The first-order valence-electron chi connectivity index (χ1n) is 9.62. The molecule has 4 nitrogen and oxygen atoms in total. The van der Waals surface area contributed by atoms with Gasteiger partial charge in [-0.15, -0.1) is 0 Å². The van der Waals surface area contributed by atoms with Crippen molar-refractivity contribution in [1.82, 2.24) is 15.3 Å². The van der Waals surface area contributed by atoms with Crippen LogP contribution in [-0.2, 0) is 24.1 Å². The summed E-state index contributed by atoms with van der Waals surface area (Å²) in [6.07, 6.45) is 5.24. The molecule has 0 fully saturated rings. The number of fused-ring (bicyclic) bond motifs is 4. The van der Waals surface area contributed by atoms with Gasteiger partial charge in [0, 0.05) is 39.7 Å². The van der Waals surface area contributed by atoms with Gasteiger partial charge in [0.1, 0.15) is 0 Å². The van der Waals surface area contributed by atoms with E-state index in [2.05, 4.69) is 46.5 Å². The number of aryl methyl sites for hydroxylation is 2. The SMILES string of the molecule is Cc1ccc2[nH]c3c(c2c1)CC(NC(=O)Cc1c[nH]c2ccccc12)CC3. The van der Waals surface area contributed by atoms with E-state index in [1.165, 1.54) is 27.7 Å². The molecular weight excluding hydrogens is 334 g/mol. The van der Waals surface area contributed by atoms with Crippen LogP contribution in [0.25, 0.3) is 21.8 Å². The van der Waals surface area contributed by atoms with Crippen molar-refractivity contribution in [3.63, 3.8) is 0 Å². The second-order valence-corrected chi connectivity index (χ2v) is 7.67. The lowest BCUT2D eigenvalue weighted by atomic mass is 9.91. The molecule has 27 heavy (non-hydrogen) atoms. The Morgan fingerprint density at radius 2 is 2.04 bits per heavy atom. The Bertz CT molecular complexity index is 1150. The summed E-state index contributed by atoms with van der Waals surface area (Å²) in [6.45, 7) is 2.13. The van der Waals surface area contributed by atoms with Crippen LogP contribution in [-0.4, -0.2) is 21.9 Å². The van der Waals surface area contributed by atoms with E-state index in [4.69, 9.17) is 0 Å². The predicted octanol–water partition coefficient (Wildman–Crippen LogP) is 4.17. The van der Waals surface area contributed by atoms with E-state index in [0.717, 1.165) is 35.7 Å². The van der Waals surface area contributed by atoms with Gasteiger partial charge in [0.25, 0.3) is 0 Å². The molecule has 0 aliphatic heterocycles. The number of para-hydroxylation sites is 1. The number of H-pyrrole nitrogens is 2. The number of nitrogens with one attached hydrogen (secondary N) is 3. The molecule has 1 unspecified atom stereocenters. The maximum atomic E-state index is 12.7. The first kappa shape index (κ1) is 16.2. The fourth-order valence-corrected chi connectivity index (χ4v) is 4.38. The monoisotopic (exact) mass is 357 g/mol. The van der Waals surface area contributed by atoms with E-state index in [1.807, 2.05) is 24.4 Å². The average Bonchev–Trinajstić information content (AvgIpc) is 3.23. The molecule has 4 heteroatoms. The molecule has 5 rings (SSSR count). The molecule has 0 saturated heterocycles. The van der Waals surface area contributed by atoms with Gasteiger partial charge in [-0.1, -0.05) is 29.8 Å². The fourth-order valence-electron chi connectivity index (χ4n) is 4.38. The number of rotatable bonds is 3. The Balaban J connectivity index is 1.33. The summed E-state index contributed by atoms with van der Waals surface area (Å²) in [5.74, 6) is 0.101. The smallest absolute Gasteiger partial charge is 0.224 e. The molecule has 1 amide bonds. The van der Waals surface area contributed by atoms with Crippen LogP contribution in [0.2, 0.25) is 0 Å². The lowest BCUT2D eigenvalue weighted by Gasteiger charge is -2.23. The van der Waals surface area contributed by atoms with Crippen molar-refractivity contribution < 1.29 is 4.79 Å². The Kier molecular flexibility index (Phi) is 3.78. The molecule has 136 valence electrons. The molecule has 0 radical (unpaired) electrons. The van der Waals surface area contributed by atoms with Crippen molar-refractivity contribution in [2.24, 2.45) is 0 Å². The third-order valence-electron chi connectivity index (χ3n) is 5.73. The Labute approximate surface area is 158 Å². The Morgan fingerprint density at radius 1 is 1.15 bits per heavy atom. The normalized spacial score (nSPS) is 16.6. The standard InChI is InChI=1S/C23H23N3O/c1-14-6-8-21-18(10-14)19-12-16(7-9-22(19)26-21)25-23(27)11-15-13-24-20-5-3-2-4-17(15)20/h2-6,8,10,13,16,24,26H,7,9,11-12H2,1H3,(H,25,27). The van der Waals surface area contributed by atoms with E-state index < -0.39 is 0 Å². The molecular formula is C23H23N3O. The van der Waals surface area contributed by atoms with Gasteiger partial charge < -0.3 is 15.3 Å². The van der Waals surface area contributed by atoms with Gasteiger partial charge in [-0.05, 0) is 55.5 Å². The zero-order chi connectivity index (χ0) is 18.4. The molecule has 0 saturated carbocycles. The molecule has 2 heterocycles. The van der Waals surface area contributed by atoms with Crippen molar-refractivity contribution in [3.8, 4) is 0 Å². The van der Waals surface area contributed by atoms with Gasteiger partial charge in [0.05, 0.1) is 6.42 Å². The van der Waals surface area contributed by atoms with E-state index in [1.54, 1.807) is 0 Å². The van der Waals surface area contributed by atoms with Crippen LogP contribution in [0.15, 0.2) is 48.7 Å². The van der Waals surface area contributed by atoms with Gasteiger partial charge in [0.2, 0.25) is 5.91 Å². The number of hydrogen-bond donors (Lipinski definition) is 3. The van der Waals surface area contributed by atoms with E-state index in [9.17, 15) is 4.79 Å². The lowest BCUT2D eigenvalue weighted by molar-refractivity contribution is -0.121. The first-order chi connectivity index (χ1) is 13.2. The van der Waals surface area contributed by atoms with E-state index in [0.29, 0.717) is 6.42 Å². The molecule has 3 N–H and O–H groups in total. The maximum absolute atomic E-state index is 12.7. The summed E-state index contributed by atoms with van der Waals surface area (Å²) < 4.78 is 0. The van der Waals surface area contributed by atoms with Crippen LogP contribution in [0.5, 0.6) is 0 Å². The minimum absolute atomic E-state index is 0.101. The van der Waals surface area contributed by atoms with Crippen molar-refractivity contribution in [2.45, 2.75) is 38.6 Å². The van der Waals surface area contributed by atoms with Crippen molar-refractivity contribution in [1.29, 1.82) is 0 Å². The highest BCUT2D eigenvalue weighted by molar-refractivity contribution is 5.89. The number of carbonyl (C=O) groups excluding carboxylic acids is 1. The van der Waals surface area contributed by atoms with Crippen LogP contribution >= 0.6 is 0 Å². The van der Waals surface area contributed by atoms with Crippen LogP contribution < -0.4 is 5.32 Å². The summed E-state index contributed by atoms with van der Waals surface area (Å²) in [6, 6.07) is 14.9. The quantitative estimate of drug-likeness (QED) is 0.506. The predicted molar refractivity (Wildman–Crippen MR) is 109 cm³/mol. The van der Waals surface area contributed by atoms with Gasteiger partial charge in [-0.2, -0.15) is 0 Å². The summed E-state index contributed by atoms with van der Waals surface area (Å²) in [5, 5.41) is 5.70. The molecule has 0 spiro atoms. The highest BCUT2D eigenvalue weighted by atomic mass is 16.1. The summed E-state index contributed by atoms with van der Waals surface area (Å²) in [7, 11) is 0. The molecule has 1 aliphatic rings. The number of benzene rings is 2. The Morgan fingerprint density at radius 3 is 2.96 bits per heavy atom. The van der Waals surface area contributed by atoms with Crippen LogP contribution in [0.1, 0.15) is 28.8 Å². The van der Waals surface area contributed by atoms with Crippen molar-refractivity contribution in [2.75, 3.05) is 0 Å². The number of carbonyl (C=O) groups is 1. The maximum Gasteiger partial charge on any atom is 0.224 e. The summed E-state index contributed by atoms with van der Waals surface area (Å²) >= 11 is 0.